The fourth-order valence-electron chi connectivity index (χ4n) is 0.999. The lowest BCUT2D eigenvalue weighted by Gasteiger charge is -2.03. The van der Waals surface area contributed by atoms with Gasteiger partial charge in [-0.2, -0.15) is 5.26 Å². The minimum Gasteiger partial charge on any atom is -0.276 e. The maximum absolute atomic E-state index is 10.9. The Kier molecular flexibility index (Phi) is 3.28. The monoisotopic (exact) mass is 305 g/mol. The van der Waals surface area contributed by atoms with Gasteiger partial charge in [-0.15, -0.1) is 0 Å². The zero-order valence-electron chi connectivity index (χ0n) is 6.77. The molecule has 0 aromatic heterocycles. The first-order chi connectivity index (χ1) is 6.06. The molecule has 0 unspecified atom stereocenters. The van der Waals surface area contributed by atoms with Crippen LogP contribution in [0.3, 0.4) is 0 Å². The van der Waals surface area contributed by atoms with Crippen LogP contribution in [-0.2, 0) is 0 Å². The fraction of sp³-hybridized carbons (Fsp3) is 0.111. The topological polar surface area (TPSA) is 40.9 Å². The Morgan fingerprint density at radius 3 is 2.69 bits per heavy atom. The second-order valence-electron chi connectivity index (χ2n) is 2.51. The first kappa shape index (κ1) is 10.5. The maximum Gasteiger partial charge on any atom is 0.252 e. The number of carbonyl (C=O) groups is 1. The quantitative estimate of drug-likeness (QED) is 0.591. The first-order valence-electron chi connectivity index (χ1n) is 3.46. The number of carbonyl (C=O) groups excluding carboxylic acids is 1. The van der Waals surface area contributed by atoms with Gasteiger partial charge in [0.05, 0.1) is 11.6 Å². The molecule has 0 aliphatic rings. The summed E-state index contributed by atoms with van der Waals surface area (Å²) in [5.74, 6) is 0. The molecule has 0 spiro atoms. The zero-order chi connectivity index (χ0) is 10.0. The summed E-state index contributed by atoms with van der Waals surface area (Å²) in [6.07, 6.45) is 0. The van der Waals surface area contributed by atoms with Crippen molar-refractivity contribution in [2.45, 2.75) is 6.92 Å². The van der Waals surface area contributed by atoms with Crippen LogP contribution < -0.4 is 0 Å². The molecule has 0 saturated carbocycles. The molecule has 0 aliphatic heterocycles. The minimum absolute atomic E-state index is 0.408. The number of halogens is 2. The molecule has 0 atom stereocenters. The molecule has 1 aromatic carbocycles. The Bertz CT molecular complexity index is 409. The second-order valence-corrected chi connectivity index (χ2v) is 4.10. The van der Waals surface area contributed by atoms with Gasteiger partial charge in [0.15, 0.2) is 0 Å². The lowest BCUT2D eigenvalue weighted by molar-refractivity contribution is 0.108. The Morgan fingerprint density at radius 2 is 2.23 bits per heavy atom. The van der Waals surface area contributed by atoms with Gasteiger partial charge in [0.2, 0.25) is 0 Å². The number of nitrogens with zero attached hydrogens (tertiary/aromatic N) is 1. The maximum atomic E-state index is 10.9. The van der Waals surface area contributed by atoms with Crippen LogP contribution in [0.4, 0.5) is 0 Å². The normalized spacial score (nSPS) is 9.38. The van der Waals surface area contributed by atoms with Crippen molar-refractivity contribution >= 4 is 39.4 Å². The van der Waals surface area contributed by atoms with Crippen LogP contribution in [-0.4, -0.2) is 5.24 Å². The van der Waals surface area contributed by atoms with E-state index in [-0.39, 0.29) is 0 Å². The van der Waals surface area contributed by atoms with Crippen LogP contribution in [0.5, 0.6) is 0 Å². The SMILES string of the molecule is Cc1c(C#N)cc(I)cc1C(=O)Cl. The average Bonchev–Trinajstić information content (AvgIpc) is 2.08. The largest absolute Gasteiger partial charge is 0.276 e. The van der Waals surface area contributed by atoms with Crippen LogP contribution in [0.1, 0.15) is 21.5 Å². The van der Waals surface area contributed by atoms with E-state index in [4.69, 9.17) is 16.9 Å². The Balaban J connectivity index is 3.47. The highest BCUT2D eigenvalue weighted by molar-refractivity contribution is 14.1. The van der Waals surface area contributed by atoms with E-state index in [1.165, 1.54) is 0 Å². The van der Waals surface area contributed by atoms with E-state index in [0.29, 0.717) is 16.7 Å². The van der Waals surface area contributed by atoms with Crippen molar-refractivity contribution in [2.75, 3.05) is 0 Å². The van der Waals surface area contributed by atoms with E-state index in [0.717, 1.165) is 3.57 Å². The molecule has 0 saturated heterocycles. The first-order valence-corrected chi connectivity index (χ1v) is 4.92. The third kappa shape index (κ3) is 2.20. The highest BCUT2D eigenvalue weighted by Gasteiger charge is 2.10. The van der Waals surface area contributed by atoms with Crippen molar-refractivity contribution in [1.29, 1.82) is 5.26 Å². The molecular weight excluding hydrogens is 300 g/mol. The van der Waals surface area contributed by atoms with Crippen molar-refractivity contribution in [3.05, 3.63) is 32.4 Å². The van der Waals surface area contributed by atoms with Gasteiger partial charge in [0, 0.05) is 9.13 Å². The van der Waals surface area contributed by atoms with E-state index in [1.54, 1.807) is 19.1 Å². The molecule has 1 rings (SSSR count). The lowest BCUT2D eigenvalue weighted by Crippen LogP contribution is -1.97. The number of hydrogen-bond donors (Lipinski definition) is 0. The van der Waals surface area contributed by atoms with Crippen molar-refractivity contribution in [3.63, 3.8) is 0 Å². The van der Waals surface area contributed by atoms with Gasteiger partial charge in [-0.3, -0.25) is 4.79 Å². The molecule has 66 valence electrons. The molecular formula is C9H5ClINO. The van der Waals surface area contributed by atoms with Crippen molar-refractivity contribution in [3.8, 4) is 6.07 Å². The standard InChI is InChI=1S/C9H5ClINO/c1-5-6(4-12)2-7(11)3-8(5)9(10)13/h2-3H,1H3. The Morgan fingerprint density at radius 1 is 1.62 bits per heavy atom. The minimum atomic E-state index is -0.521. The molecule has 0 heterocycles. The average molecular weight is 306 g/mol. The smallest absolute Gasteiger partial charge is 0.252 e. The fourth-order valence-corrected chi connectivity index (χ4v) is 1.82. The summed E-state index contributed by atoms with van der Waals surface area (Å²) in [6.45, 7) is 1.71. The van der Waals surface area contributed by atoms with Gasteiger partial charge >= 0.3 is 0 Å². The molecule has 2 nitrogen and oxygen atoms in total. The molecule has 0 bridgehead atoms. The molecule has 0 amide bonds. The van der Waals surface area contributed by atoms with Crippen LogP contribution in [0, 0.1) is 21.8 Å². The Labute approximate surface area is 94.6 Å². The van der Waals surface area contributed by atoms with Crippen LogP contribution in [0.2, 0.25) is 0 Å². The summed E-state index contributed by atoms with van der Waals surface area (Å²) >= 11 is 7.40. The summed E-state index contributed by atoms with van der Waals surface area (Å²) < 4.78 is 0.837. The van der Waals surface area contributed by atoms with Crippen LogP contribution in [0.15, 0.2) is 12.1 Å². The summed E-state index contributed by atoms with van der Waals surface area (Å²) in [6, 6.07) is 5.41. The van der Waals surface area contributed by atoms with Gasteiger partial charge in [-0.1, -0.05) is 0 Å². The van der Waals surface area contributed by atoms with Crippen molar-refractivity contribution < 1.29 is 4.79 Å². The predicted octanol–water partition coefficient (Wildman–Crippen LogP) is 2.85. The van der Waals surface area contributed by atoms with Gasteiger partial charge in [0.1, 0.15) is 0 Å². The zero-order valence-corrected chi connectivity index (χ0v) is 9.68. The summed E-state index contributed by atoms with van der Waals surface area (Å²) in [4.78, 5) is 10.9. The summed E-state index contributed by atoms with van der Waals surface area (Å²) in [5, 5.41) is 8.22. The third-order valence-electron chi connectivity index (χ3n) is 1.70. The van der Waals surface area contributed by atoms with Gasteiger partial charge in [0.25, 0.3) is 5.24 Å². The molecule has 0 N–H and O–H groups in total. The van der Waals surface area contributed by atoms with Crippen LogP contribution >= 0.6 is 34.2 Å². The predicted molar refractivity (Wildman–Crippen MR) is 58.8 cm³/mol. The van der Waals surface area contributed by atoms with E-state index in [2.05, 4.69) is 0 Å². The Hall–Kier alpha value is -0.600. The number of nitriles is 1. The van der Waals surface area contributed by atoms with E-state index in [9.17, 15) is 4.79 Å². The highest BCUT2D eigenvalue weighted by atomic mass is 127. The molecule has 0 aliphatic carbocycles. The number of benzene rings is 1. The van der Waals surface area contributed by atoms with Gasteiger partial charge < -0.3 is 0 Å². The van der Waals surface area contributed by atoms with E-state index in [1.807, 2.05) is 28.7 Å². The van der Waals surface area contributed by atoms with Crippen LogP contribution in [0.25, 0.3) is 0 Å². The highest BCUT2D eigenvalue weighted by Crippen LogP contribution is 2.19. The molecule has 0 radical (unpaired) electrons. The van der Waals surface area contributed by atoms with E-state index >= 15 is 0 Å². The number of hydrogen-bond acceptors (Lipinski definition) is 2. The second kappa shape index (κ2) is 4.07. The van der Waals surface area contributed by atoms with Crippen molar-refractivity contribution in [1.82, 2.24) is 0 Å². The number of rotatable bonds is 1. The van der Waals surface area contributed by atoms with Gasteiger partial charge in [-0.05, 0) is 58.8 Å². The summed E-state index contributed by atoms with van der Waals surface area (Å²) in [5.41, 5.74) is 1.55. The lowest BCUT2D eigenvalue weighted by atomic mass is 10.0. The third-order valence-corrected chi connectivity index (χ3v) is 2.53. The van der Waals surface area contributed by atoms with Crippen molar-refractivity contribution in [2.24, 2.45) is 0 Å². The van der Waals surface area contributed by atoms with E-state index < -0.39 is 5.24 Å². The summed E-state index contributed by atoms with van der Waals surface area (Å²) in [7, 11) is 0. The van der Waals surface area contributed by atoms with Gasteiger partial charge in [-0.25, -0.2) is 0 Å². The molecule has 13 heavy (non-hydrogen) atoms. The molecule has 1 aromatic rings. The molecule has 0 fully saturated rings. The molecule has 4 heteroatoms.